The summed E-state index contributed by atoms with van der Waals surface area (Å²) in [5, 5.41) is 4.52. The first-order valence-corrected chi connectivity index (χ1v) is 7.66. The summed E-state index contributed by atoms with van der Waals surface area (Å²) >= 11 is 20.7. The van der Waals surface area contributed by atoms with E-state index >= 15 is 0 Å². The summed E-state index contributed by atoms with van der Waals surface area (Å²) in [4.78, 5) is 0.304. The third kappa shape index (κ3) is 3.44. The molecule has 0 unspecified atom stereocenters. The zero-order valence-corrected chi connectivity index (χ0v) is 14.4. The molecule has 2 aromatic rings. The molecule has 0 aliphatic carbocycles. The maximum absolute atomic E-state index is 6.15. The predicted octanol–water partition coefficient (Wildman–Crippen LogP) is 5.44. The summed E-state index contributed by atoms with van der Waals surface area (Å²) in [5.41, 5.74) is 9.00. The number of anilines is 2. The van der Waals surface area contributed by atoms with E-state index < -0.39 is 0 Å². The van der Waals surface area contributed by atoms with Crippen LogP contribution in [0.15, 0.2) is 34.8 Å². The Balaban J connectivity index is 2.47. The molecular formula is C14H11BrCl2N2S. The van der Waals surface area contributed by atoms with Gasteiger partial charge in [0.2, 0.25) is 0 Å². The molecular weight excluding hydrogens is 379 g/mol. The number of aryl methyl sites for hydroxylation is 1. The van der Waals surface area contributed by atoms with E-state index in [4.69, 9.17) is 41.2 Å². The Hall–Kier alpha value is -0.810. The van der Waals surface area contributed by atoms with Crippen LogP contribution < -0.4 is 11.1 Å². The molecule has 0 heterocycles. The molecule has 0 spiro atoms. The van der Waals surface area contributed by atoms with Crippen molar-refractivity contribution in [2.45, 2.75) is 6.92 Å². The first-order chi connectivity index (χ1) is 9.38. The van der Waals surface area contributed by atoms with Crippen LogP contribution in [0.25, 0.3) is 0 Å². The maximum Gasteiger partial charge on any atom is 0.106 e. The zero-order valence-electron chi connectivity index (χ0n) is 10.5. The van der Waals surface area contributed by atoms with Gasteiger partial charge in [-0.15, -0.1) is 0 Å². The van der Waals surface area contributed by atoms with Gasteiger partial charge in [0.15, 0.2) is 0 Å². The van der Waals surface area contributed by atoms with Crippen molar-refractivity contribution in [3.05, 3.63) is 56.0 Å². The SMILES string of the molecule is Cc1cc(Br)c(Nc2cc(Cl)ccc2C(N)=S)cc1Cl. The van der Waals surface area contributed by atoms with Crippen LogP contribution in [0.3, 0.4) is 0 Å². The first kappa shape index (κ1) is 15.6. The highest BCUT2D eigenvalue weighted by molar-refractivity contribution is 9.10. The average molecular weight is 390 g/mol. The average Bonchev–Trinajstić information content (AvgIpc) is 2.35. The van der Waals surface area contributed by atoms with Gasteiger partial charge in [-0.2, -0.15) is 0 Å². The van der Waals surface area contributed by atoms with Crippen molar-refractivity contribution in [1.82, 2.24) is 0 Å². The molecule has 0 radical (unpaired) electrons. The molecule has 0 aromatic heterocycles. The van der Waals surface area contributed by atoms with E-state index in [1.165, 1.54) is 0 Å². The maximum atomic E-state index is 6.15. The lowest BCUT2D eigenvalue weighted by atomic mass is 10.1. The van der Waals surface area contributed by atoms with Crippen molar-refractivity contribution in [2.24, 2.45) is 5.73 Å². The van der Waals surface area contributed by atoms with Crippen LogP contribution in [0.1, 0.15) is 11.1 Å². The molecule has 2 nitrogen and oxygen atoms in total. The highest BCUT2D eigenvalue weighted by Crippen LogP contribution is 2.33. The predicted molar refractivity (Wildman–Crippen MR) is 94.5 cm³/mol. The molecule has 0 saturated carbocycles. The second kappa shape index (κ2) is 6.31. The van der Waals surface area contributed by atoms with Gasteiger partial charge in [-0.1, -0.05) is 35.4 Å². The van der Waals surface area contributed by atoms with Crippen molar-refractivity contribution in [1.29, 1.82) is 0 Å². The van der Waals surface area contributed by atoms with Crippen molar-refractivity contribution >= 4 is 67.7 Å². The second-order valence-electron chi connectivity index (χ2n) is 4.26. The Morgan fingerprint density at radius 3 is 2.55 bits per heavy atom. The molecule has 0 aliphatic rings. The van der Waals surface area contributed by atoms with E-state index in [0.717, 1.165) is 27.0 Å². The number of halogens is 3. The summed E-state index contributed by atoms with van der Waals surface area (Å²) < 4.78 is 0.897. The van der Waals surface area contributed by atoms with Crippen LogP contribution in [0.5, 0.6) is 0 Å². The Kier molecular flexibility index (Phi) is 4.91. The quantitative estimate of drug-likeness (QED) is 0.686. The Bertz CT molecular complexity index is 689. The number of nitrogens with two attached hydrogens (primary N) is 1. The fraction of sp³-hybridized carbons (Fsp3) is 0.0714. The van der Waals surface area contributed by atoms with E-state index in [1.807, 2.05) is 19.1 Å². The van der Waals surface area contributed by atoms with Crippen LogP contribution in [0, 0.1) is 6.92 Å². The van der Waals surface area contributed by atoms with E-state index in [0.29, 0.717) is 15.0 Å². The van der Waals surface area contributed by atoms with Crippen LogP contribution in [-0.4, -0.2) is 4.99 Å². The van der Waals surface area contributed by atoms with Gasteiger partial charge in [0.25, 0.3) is 0 Å². The number of nitrogens with one attached hydrogen (secondary N) is 1. The number of rotatable bonds is 3. The van der Waals surface area contributed by atoms with E-state index in [-0.39, 0.29) is 0 Å². The number of benzene rings is 2. The van der Waals surface area contributed by atoms with Gasteiger partial charge in [0.05, 0.1) is 11.4 Å². The third-order valence-corrected chi connectivity index (χ3v) is 4.28. The molecule has 0 bridgehead atoms. The molecule has 20 heavy (non-hydrogen) atoms. The molecule has 2 aromatic carbocycles. The monoisotopic (exact) mass is 388 g/mol. The van der Waals surface area contributed by atoms with Gasteiger partial charge < -0.3 is 11.1 Å². The van der Waals surface area contributed by atoms with E-state index in [1.54, 1.807) is 18.2 Å². The van der Waals surface area contributed by atoms with Crippen molar-refractivity contribution in [2.75, 3.05) is 5.32 Å². The van der Waals surface area contributed by atoms with E-state index in [2.05, 4.69) is 21.2 Å². The minimum absolute atomic E-state index is 0.304. The highest BCUT2D eigenvalue weighted by Gasteiger charge is 2.10. The van der Waals surface area contributed by atoms with Crippen molar-refractivity contribution in [3.63, 3.8) is 0 Å². The van der Waals surface area contributed by atoms with Gasteiger partial charge in [-0.25, -0.2) is 0 Å². The zero-order chi connectivity index (χ0) is 14.9. The summed E-state index contributed by atoms with van der Waals surface area (Å²) in [6, 6.07) is 9.09. The molecule has 0 fully saturated rings. The fourth-order valence-electron chi connectivity index (χ4n) is 1.72. The molecule has 0 aliphatic heterocycles. The van der Waals surface area contributed by atoms with Crippen LogP contribution in [0.4, 0.5) is 11.4 Å². The molecule has 0 atom stereocenters. The normalized spacial score (nSPS) is 10.4. The summed E-state index contributed by atoms with van der Waals surface area (Å²) in [6.07, 6.45) is 0. The van der Waals surface area contributed by atoms with Gasteiger partial charge >= 0.3 is 0 Å². The molecule has 104 valence electrons. The van der Waals surface area contributed by atoms with Crippen LogP contribution in [-0.2, 0) is 0 Å². The highest BCUT2D eigenvalue weighted by atomic mass is 79.9. The summed E-state index contributed by atoms with van der Waals surface area (Å²) in [5.74, 6) is 0. The van der Waals surface area contributed by atoms with Crippen LogP contribution >= 0.6 is 51.3 Å². The molecule has 2 rings (SSSR count). The van der Waals surface area contributed by atoms with Gasteiger partial charge in [-0.05, 0) is 58.7 Å². The van der Waals surface area contributed by atoms with Gasteiger partial charge in [-0.3, -0.25) is 0 Å². The topological polar surface area (TPSA) is 38.0 Å². The smallest absolute Gasteiger partial charge is 0.106 e. The largest absolute Gasteiger partial charge is 0.389 e. The number of thiocarbonyl (C=S) groups is 1. The standard InChI is InChI=1S/C14H11BrCl2N2S/c1-7-4-10(15)13(6-11(7)17)19-12-5-8(16)2-3-9(12)14(18)20/h2-6,19H,1H3,(H2,18,20). The van der Waals surface area contributed by atoms with Crippen LogP contribution in [0.2, 0.25) is 10.0 Å². The fourth-order valence-corrected chi connectivity index (χ4v) is 2.79. The van der Waals surface area contributed by atoms with Crippen molar-refractivity contribution < 1.29 is 0 Å². The Morgan fingerprint density at radius 2 is 1.90 bits per heavy atom. The van der Waals surface area contributed by atoms with Gasteiger partial charge in [0, 0.05) is 20.1 Å². The Labute approximate surface area is 141 Å². The minimum Gasteiger partial charge on any atom is -0.389 e. The second-order valence-corrected chi connectivity index (χ2v) is 6.40. The molecule has 0 amide bonds. The first-order valence-electron chi connectivity index (χ1n) is 5.70. The summed E-state index contributed by atoms with van der Waals surface area (Å²) in [6.45, 7) is 1.94. The summed E-state index contributed by atoms with van der Waals surface area (Å²) in [7, 11) is 0. The molecule has 6 heteroatoms. The lowest BCUT2D eigenvalue weighted by molar-refractivity contribution is 1.43. The minimum atomic E-state index is 0.304. The number of hydrogen-bond donors (Lipinski definition) is 2. The third-order valence-electron chi connectivity index (χ3n) is 2.76. The van der Waals surface area contributed by atoms with Crippen molar-refractivity contribution in [3.8, 4) is 0 Å². The number of hydrogen-bond acceptors (Lipinski definition) is 2. The lowest BCUT2D eigenvalue weighted by Gasteiger charge is -2.14. The molecule has 3 N–H and O–H groups in total. The van der Waals surface area contributed by atoms with Gasteiger partial charge in [0.1, 0.15) is 4.99 Å². The molecule has 0 saturated heterocycles. The van der Waals surface area contributed by atoms with E-state index in [9.17, 15) is 0 Å². The lowest BCUT2D eigenvalue weighted by Crippen LogP contribution is -2.12. The Morgan fingerprint density at radius 1 is 1.20 bits per heavy atom.